The molecule has 0 aromatic rings. The summed E-state index contributed by atoms with van der Waals surface area (Å²) >= 11 is 0. The average Bonchev–Trinajstić information content (AvgIpc) is 3.18. The van der Waals surface area contributed by atoms with Gasteiger partial charge in [0.15, 0.2) is 5.78 Å². The number of aliphatic carboxylic acids is 1. The Morgan fingerprint density at radius 3 is 2.21 bits per heavy atom. The molecule has 0 aromatic heterocycles. The van der Waals surface area contributed by atoms with Crippen molar-refractivity contribution >= 4 is 17.5 Å². The average molecular weight is 473 g/mol. The summed E-state index contributed by atoms with van der Waals surface area (Å²) in [7, 11) is 0. The molecule has 34 heavy (non-hydrogen) atoms. The standard InChI is InChI=1S/C29H44O5/c1-25(2)20-9-12-28(5)21(26(20,3)11-10-22(25)32)7-6-18-23-17(19(31)16-30)8-13-29(23,24(33)34)15-14-27(18,28)4/h17-18,20-21,23,30H,6-16H2,1-5H3,(H,33,34)/t17-,18+,20-,21+,23+,26-,27+,28+,29-/m0/s1. The van der Waals surface area contributed by atoms with E-state index in [2.05, 4.69) is 34.6 Å². The van der Waals surface area contributed by atoms with Gasteiger partial charge in [-0.1, -0.05) is 34.6 Å². The van der Waals surface area contributed by atoms with Gasteiger partial charge in [0.1, 0.15) is 12.4 Å². The molecule has 5 fully saturated rings. The Kier molecular flexibility index (Phi) is 5.32. The molecule has 5 rings (SSSR count). The summed E-state index contributed by atoms with van der Waals surface area (Å²) in [4.78, 5) is 38.4. The van der Waals surface area contributed by atoms with Gasteiger partial charge >= 0.3 is 5.97 Å². The van der Waals surface area contributed by atoms with Gasteiger partial charge in [0.05, 0.1) is 5.41 Å². The van der Waals surface area contributed by atoms with Gasteiger partial charge in [0.25, 0.3) is 0 Å². The van der Waals surface area contributed by atoms with Gasteiger partial charge in [-0.15, -0.1) is 0 Å². The first-order valence-electron chi connectivity index (χ1n) is 13.7. The number of rotatable bonds is 3. The molecule has 0 bridgehead atoms. The van der Waals surface area contributed by atoms with Crippen LogP contribution in [-0.4, -0.2) is 34.4 Å². The molecule has 190 valence electrons. The molecule has 5 heteroatoms. The smallest absolute Gasteiger partial charge is 0.309 e. The normalized spacial score (nSPS) is 51.6. The predicted molar refractivity (Wildman–Crippen MR) is 129 cm³/mol. The molecule has 5 aliphatic rings. The lowest BCUT2D eigenvalue weighted by atomic mass is 9.32. The molecule has 0 unspecified atom stereocenters. The van der Waals surface area contributed by atoms with E-state index in [1.165, 1.54) is 0 Å². The summed E-state index contributed by atoms with van der Waals surface area (Å²) in [6, 6.07) is 0. The molecule has 0 aromatic carbocycles. The highest BCUT2D eigenvalue weighted by molar-refractivity contribution is 5.86. The van der Waals surface area contributed by atoms with Crippen LogP contribution in [0, 0.1) is 56.7 Å². The van der Waals surface area contributed by atoms with Crippen LogP contribution < -0.4 is 0 Å². The Morgan fingerprint density at radius 1 is 0.853 bits per heavy atom. The largest absolute Gasteiger partial charge is 0.481 e. The second-order valence-corrected chi connectivity index (χ2v) is 14.1. The third-order valence-corrected chi connectivity index (χ3v) is 13.2. The van der Waals surface area contributed by atoms with Crippen molar-refractivity contribution in [3.8, 4) is 0 Å². The van der Waals surface area contributed by atoms with Crippen molar-refractivity contribution in [1.82, 2.24) is 0 Å². The maximum absolute atomic E-state index is 12.9. The van der Waals surface area contributed by atoms with E-state index < -0.39 is 18.0 Å². The minimum atomic E-state index is -0.816. The monoisotopic (exact) mass is 472 g/mol. The summed E-state index contributed by atoms with van der Waals surface area (Å²) in [5.74, 6) is 0.129. The maximum Gasteiger partial charge on any atom is 0.309 e. The summed E-state index contributed by atoms with van der Waals surface area (Å²) < 4.78 is 0. The van der Waals surface area contributed by atoms with Gasteiger partial charge < -0.3 is 10.2 Å². The number of aliphatic hydroxyl groups excluding tert-OH is 1. The number of carbonyl (C=O) groups is 3. The number of carboxylic acids is 1. The van der Waals surface area contributed by atoms with Crippen molar-refractivity contribution in [3.63, 3.8) is 0 Å². The lowest BCUT2D eigenvalue weighted by Crippen LogP contribution is -2.66. The van der Waals surface area contributed by atoms with Crippen molar-refractivity contribution in [2.24, 2.45) is 56.7 Å². The van der Waals surface area contributed by atoms with Crippen molar-refractivity contribution < 1.29 is 24.6 Å². The molecule has 5 saturated carbocycles. The number of ketones is 2. The van der Waals surface area contributed by atoms with Crippen molar-refractivity contribution in [3.05, 3.63) is 0 Å². The van der Waals surface area contributed by atoms with Crippen LogP contribution in [0.15, 0.2) is 0 Å². The predicted octanol–water partition coefficient (Wildman–Crippen LogP) is 5.28. The number of carbonyl (C=O) groups excluding carboxylic acids is 2. The Morgan fingerprint density at radius 2 is 1.56 bits per heavy atom. The summed E-state index contributed by atoms with van der Waals surface area (Å²) in [5.41, 5.74) is -0.935. The van der Waals surface area contributed by atoms with E-state index in [9.17, 15) is 24.6 Å². The molecule has 0 aliphatic heterocycles. The zero-order chi connectivity index (χ0) is 24.9. The first kappa shape index (κ1) is 24.5. The number of fused-ring (bicyclic) bond motifs is 7. The van der Waals surface area contributed by atoms with E-state index >= 15 is 0 Å². The summed E-state index contributed by atoms with van der Waals surface area (Å²) in [6.45, 7) is 11.2. The van der Waals surface area contributed by atoms with E-state index in [0.717, 1.165) is 38.5 Å². The van der Waals surface area contributed by atoms with Crippen LogP contribution in [0.2, 0.25) is 0 Å². The molecule has 0 spiro atoms. The SMILES string of the molecule is CC1(C)C(=O)CC[C@]2(C)[C@H]3CC[C@@H]4[C@H]5[C@H](C(=O)CO)CC[C@]5(C(=O)O)CC[C@@]4(C)[C@]3(C)CC[C@@H]12. The van der Waals surface area contributed by atoms with Gasteiger partial charge in [-0.05, 0) is 97.7 Å². The molecular weight excluding hydrogens is 428 g/mol. The highest BCUT2D eigenvalue weighted by atomic mass is 16.4. The van der Waals surface area contributed by atoms with Crippen LogP contribution in [0.5, 0.6) is 0 Å². The van der Waals surface area contributed by atoms with E-state index in [4.69, 9.17) is 0 Å². The van der Waals surface area contributed by atoms with Gasteiger partial charge in [0, 0.05) is 17.8 Å². The highest BCUT2D eigenvalue weighted by Crippen LogP contribution is 2.77. The number of hydrogen-bond acceptors (Lipinski definition) is 4. The third kappa shape index (κ3) is 2.74. The van der Waals surface area contributed by atoms with E-state index in [0.29, 0.717) is 43.3 Å². The van der Waals surface area contributed by atoms with Gasteiger partial charge in [-0.25, -0.2) is 0 Å². The quantitative estimate of drug-likeness (QED) is 0.583. The fourth-order valence-electron chi connectivity index (χ4n) is 11.2. The van der Waals surface area contributed by atoms with Gasteiger partial charge in [0.2, 0.25) is 0 Å². The fourth-order valence-corrected chi connectivity index (χ4v) is 11.2. The molecule has 9 atom stereocenters. The zero-order valence-corrected chi connectivity index (χ0v) is 21.8. The summed E-state index contributed by atoms with van der Waals surface area (Å²) in [5, 5.41) is 20.1. The van der Waals surface area contributed by atoms with Crippen LogP contribution in [0.3, 0.4) is 0 Å². The van der Waals surface area contributed by atoms with E-state index in [1.807, 2.05) is 0 Å². The number of hydrogen-bond donors (Lipinski definition) is 2. The van der Waals surface area contributed by atoms with Crippen LogP contribution in [0.25, 0.3) is 0 Å². The van der Waals surface area contributed by atoms with Crippen LogP contribution >= 0.6 is 0 Å². The van der Waals surface area contributed by atoms with Crippen LogP contribution in [0.4, 0.5) is 0 Å². The Balaban J connectivity index is 1.57. The van der Waals surface area contributed by atoms with Crippen LogP contribution in [-0.2, 0) is 14.4 Å². The number of Topliss-reactive ketones (excluding diaryl/α,β-unsaturated/α-hetero) is 2. The topological polar surface area (TPSA) is 91.7 Å². The lowest BCUT2D eigenvalue weighted by Gasteiger charge is -2.72. The molecule has 0 saturated heterocycles. The lowest BCUT2D eigenvalue weighted by molar-refractivity contribution is -0.235. The van der Waals surface area contributed by atoms with E-state index in [1.54, 1.807) is 0 Å². The minimum Gasteiger partial charge on any atom is -0.481 e. The summed E-state index contributed by atoms with van der Waals surface area (Å²) in [6.07, 6.45) is 8.48. The first-order valence-corrected chi connectivity index (χ1v) is 13.7. The molecule has 0 radical (unpaired) electrons. The molecule has 5 nitrogen and oxygen atoms in total. The van der Waals surface area contributed by atoms with Gasteiger partial charge in [-0.2, -0.15) is 0 Å². The van der Waals surface area contributed by atoms with E-state index in [-0.39, 0.29) is 45.2 Å². The van der Waals surface area contributed by atoms with Crippen molar-refractivity contribution in [2.75, 3.05) is 6.61 Å². The second-order valence-electron chi connectivity index (χ2n) is 14.1. The molecule has 0 heterocycles. The second kappa shape index (κ2) is 7.40. The van der Waals surface area contributed by atoms with Crippen LogP contribution in [0.1, 0.15) is 98.8 Å². The molecular formula is C29H44O5. The third-order valence-electron chi connectivity index (χ3n) is 13.2. The van der Waals surface area contributed by atoms with Crippen molar-refractivity contribution in [1.29, 1.82) is 0 Å². The number of aliphatic hydroxyl groups is 1. The maximum atomic E-state index is 12.9. The first-order chi connectivity index (χ1) is 15.8. The van der Waals surface area contributed by atoms with Crippen molar-refractivity contribution in [2.45, 2.75) is 98.8 Å². The van der Waals surface area contributed by atoms with Gasteiger partial charge in [-0.3, -0.25) is 14.4 Å². The Labute approximate surface area is 204 Å². The minimum absolute atomic E-state index is 0.0303. The molecule has 2 N–H and O–H groups in total. The Hall–Kier alpha value is -1.23. The molecule has 0 amide bonds. The zero-order valence-electron chi connectivity index (χ0n) is 21.8. The number of carboxylic acid groups (broad SMARTS) is 1. The fraction of sp³-hybridized carbons (Fsp3) is 0.897. The Bertz CT molecular complexity index is 923. The molecule has 5 aliphatic carbocycles. The highest BCUT2D eigenvalue weighted by Gasteiger charge is 2.72.